The smallest absolute Gasteiger partial charge is 0.220 e. The molecule has 1 aromatic rings. The summed E-state index contributed by atoms with van der Waals surface area (Å²) in [7, 11) is 0. The second-order valence-corrected chi connectivity index (χ2v) is 5.06. The third-order valence-corrected chi connectivity index (χ3v) is 2.56. The van der Waals surface area contributed by atoms with Crippen molar-refractivity contribution in [3.63, 3.8) is 0 Å². The van der Waals surface area contributed by atoms with Gasteiger partial charge in [0.05, 0.1) is 6.04 Å². The zero-order chi connectivity index (χ0) is 12.9. The van der Waals surface area contributed by atoms with Crippen molar-refractivity contribution < 1.29 is 4.79 Å². The number of hydrogen-bond donors (Lipinski definition) is 2. The summed E-state index contributed by atoms with van der Waals surface area (Å²) in [6.45, 7) is 5.79. The topological polar surface area (TPSA) is 68.0 Å². The molecule has 1 rings (SSSR count). The zero-order valence-electron chi connectivity index (χ0n) is 10.7. The van der Waals surface area contributed by atoms with Gasteiger partial charge in [-0.05, 0) is 38.8 Å². The Bertz CT molecular complexity index is 357. The highest BCUT2D eigenvalue weighted by molar-refractivity contribution is 5.76. The van der Waals surface area contributed by atoms with Gasteiger partial charge in [-0.1, -0.05) is 6.07 Å². The van der Waals surface area contributed by atoms with Crippen LogP contribution in [0.15, 0.2) is 24.5 Å². The predicted octanol–water partition coefficient (Wildman–Crippen LogP) is 1.78. The number of carbonyl (C=O) groups excluding carboxylic acids is 1. The van der Waals surface area contributed by atoms with Crippen molar-refractivity contribution in [3.05, 3.63) is 30.1 Å². The fraction of sp³-hybridized carbons (Fsp3) is 0.538. The number of carbonyl (C=O) groups is 1. The van der Waals surface area contributed by atoms with Crippen molar-refractivity contribution in [2.24, 2.45) is 5.73 Å². The molecule has 1 atom stereocenters. The molecule has 1 aromatic heterocycles. The number of amides is 1. The van der Waals surface area contributed by atoms with E-state index in [9.17, 15) is 4.79 Å². The lowest BCUT2D eigenvalue weighted by atomic mass is 10.00. The van der Waals surface area contributed by atoms with Gasteiger partial charge in [0.15, 0.2) is 0 Å². The molecule has 4 nitrogen and oxygen atoms in total. The molecule has 4 heteroatoms. The molecule has 0 saturated heterocycles. The fourth-order valence-electron chi connectivity index (χ4n) is 1.46. The maximum absolute atomic E-state index is 11.7. The molecule has 94 valence electrons. The fourth-order valence-corrected chi connectivity index (χ4v) is 1.46. The van der Waals surface area contributed by atoms with Crippen LogP contribution in [-0.4, -0.2) is 16.4 Å². The lowest BCUT2D eigenvalue weighted by molar-refractivity contribution is -0.122. The third kappa shape index (κ3) is 5.45. The summed E-state index contributed by atoms with van der Waals surface area (Å²) in [5.41, 5.74) is 6.55. The highest BCUT2D eigenvalue weighted by atomic mass is 16.1. The summed E-state index contributed by atoms with van der Waals surface area (Å²) < 4.78 is 0. The number of nitrogens with zero attached hydrogens (tertiary/aromatic N) is 1. The van der Waals surface area contributed by atoms with E-state index in [1.165, 1.54) is 0 Å². The van der Waals surface area contributed by atoms with Crippen molar-refractivity contribution in [1.82, 2.24) is 10.3 Å². The first-order valence-corrected chi connectivity index (χ1v) is 5.87. The monoisotopic (exact) mass is 235 g/mol. The van der Waals surface area contributed by atoms with Crippen molar-refractivity contribution >= 4 is 5.91 Å². The third-order valence-electron chi connectivity index (χ3n) is 2.56. The molecular formula is C13H21N3O. The average Bonchev–Trinajstić information content (AvgIpc) is 2.27. The van der Waals surface area contributed by atoms with E-state index >= 15 is 0 Å². The highest BCUT2D eigenvalue weighted by Crippen LogP contribution is 2.11. The molecule has 0 spiro atoms. The summed E-state index contributed by atoms with van der Waals surface area (Å²) in [5.74, 6) is 0.0277. The summed E-state index contributed by atoms with van der Waals surface area (Å²) in [5, 5.41) is 2.93. The van der Waals surface area contributed by atoms with Gasteiger partial charge in [0.2, 0.25) is 5.91 Å². The molecule has 3 N–H and O–H groups in total. The zero-order valence-corrected chi connectivity index (χ0v) is 10.7. The predicted molar refractivity (Wildman–Crippen MR) is 68.3 cm³/mol. The molecule has 0 radical (unpaired) electrons. The molecular weight excluding hydrogens is 214 g/mol. The van der Waals surface area contributed by atoms with Crippen molar-refractivity contribution in [3.8, 4) is 0 Å². The van der Waals surface area contributed by atoms with Gasteiger partial charge in [-0.25, -0.2) is 0 Å². The summed E-state index contributed by atoms with van der Waals surface area (Å²) in [6.07, 6.45) is 4.61. The lowest BCUT2D eigenvalue weighted by Crippen LogP contribution is -2.35. The minimum atomic E-state index is -0.297. The van der Waals surface area contributed by atoms with E-state index < -0.39 is 0 Å². The van der Waals surface area contributed by atoms with E-state index in [0.717, 1.165) is 5.56 Å². The van der Waals surface area contributed by atoms with Crippen LogP contribution in [-0.2, 0) is 4.79 Å². The first-order chi connectivity index (χ1) is 7.88. The number of nitrogens with one attached hydrogen (secondary N) is 1. The molecule has 0 saturated carbocycles. The van der Waals surface area contributed by atoms with Gasteiger partial charge in [-0.2, -0.15) is 0 Å². The number of hydrogen-bond acceptors (Lipinski definition) is 3. The van der Waals surface area contributed by atoms with Crippen molar-refractivity contribution in [2.75, 3.05) is 0 Å². The minimum Gasteiger partial charge on any atom is -0.350 e. The summed E-state index contributed by atoms with van der Waals surface area (Å²) in [6, 6.07) is 3.79. The Morgan fingerprint density at radius 2 is 2.29 bits per heavy atom. The lowest BCUT2D eigenvalue weighted by Gasteiger charge is -2.19. The SMILES string of the molecule is C[C@@H](NC(=O)CCC(C)(C)N)c1cccnc1. The molecule has 1 amide bonds. The van der Waals surface area contributed by atoms with Gasteiger partial charge in [0.25, 0.3) is 0 Å². The maximum atomic E-state index is 11.7. The quantitative estimate of drug-likeness (QED) is 0.817. The van der Waals surface area contributed by atoms with Gasteiger partial charge in [0, 0.05) is 24.4 Å². The first kappa shape index (κ1) is 13.6. The molecule has 0 bridgehead atoms. The Kier molecular flexibility index (Phi) is 4.63. The molecule has 17 heavy (non-hydrogen) atoms. The standard InChI is InChI=1S/C13H21N3O/c1-10(11-5-4-8-15-9-11)16-12(17)6-7-13(2,3)14/h4-5,8-10H,6-7,14H2,1-3H3,(H,16,17)/t10-/m1/s1. The largest absolute Gasteiger partial charge is 0.350 e. The summed E-state index contributed by atoms with van der Waals surface area (Å²) in [4.78, 5) is 15.7. The molecule has 0 fully saturated rings. The number of nitrogens with two attached hydrogens (primary N) is 1. The van der Waals surface area contributed by atoms with E-state index in [4.69, 9.17) is 5.73 Å². The summed E-state index contributed by atoms with van der Waals surface area (Å²) >= 11 is 0. The Hall–Kier alpha value is -1.42. The molecule has 0 unspecified atom stereocenters. The van der Waals surface area contributed by atoms with Gasteiger partial charge in [-0.15, -0.1) is 0 Å². The molecule has 0 aliphatic rings. The second kappa shape index (κ2) is 5.77. The van der Waals surface area contributed by atoms with Crippen LogP contribution in [0, 0.1) is 0 Å². The Labute approximate surface area is 103 Å². The van der Waals surface area contributed by atoms with E-state index in [1.54, 1.807) is 12.4 Å². The van der Waals surface area contributed by atoms with E-state index in [2.05, 4.69) is 10.3 Å². The van der Waals surface area contributed by atoms with E-state index in [-0.39, 0.29) is 17.5 Å². The number of aromatic nitrogens is 1. The normalized spacial score (nSPS) is 13.2. The van der Waals surface area contributed by atoms with Gasteiger partial charge < -0.3 is 11.1 Å². The maximum Gasteiger partial charge on any atom is 0.220 e. The van der Waals surface area contributed by atoms with Crippen LogP contribution >= 0.6 is 0 Å². The van der Waals surface area contributed by atoms with E-state index in [1.807, 2.05) is 32.9 Å². The second-order valence-electron chi connectivity index (χ2n) is 5.06. The van der Waals surface area contributed by atoms with Crippen LogP contribution in [0.4, 0.5) is 0 Å². The van der Waals surface area contributed by atoms with Crippen LogP contribution in [0.25, 0.3) is 0 Å². The highest BCUT2D eigenvalue weighted by Gasteiger charge is 2.15. The van der Waals surface area contributed by atoms with Crippen molar-refractivity contribution in [1.29, 1.82) is 0 Å². The van der Waals surface area contributed by atoms with Crippen LogP contribution in [0.2, 0.25) is 0 Å². The minimum absolute atomic E-state index is 0.0166. The van der Waals surface area contributed by atoms with E-state index in [0.29, 0.717) is 12.8 Å². The number of rotatable bonds is 5. The van der Waals surface area contributed by atoms with Crippen LogP contribution < -0.4 is 11.1 Å². The van der Waals surface area contributed by atoms with Crippen molar-refractivity contribution in [2.45, 2.75) is 45.2 Å². The molecule has 0 aromatic carbocycles. The first-order valence-electron chi connectivity index (χ1n) is 5.87. The van der Waals surface area contributed by atoms with Gasteiger partial charge >= 0.3 is 0 Å². The number of pyridine rings is 1. The van der Waals surface area contributed by atoms with Gasteiger partial charge in [-0.3, -0.25) is 9.78 Å². The molecule has 0 aliphatic carbocycles. The van der Waals surface area contributed by atoms with Gasteiger partial charge in [0.1, 0.15) is 0 Å². The Morgan fingerprint density at radius 3 is 2.82 bits per heavy atom. The molecule has 1 heterocycles. The average molecular weight is 235 g/mol. The Balaban J connectivity index is 2.42. The Morgan fingerprint density at radius 1 is 1.59 bits per heavy atom. The van der Waals surface area contributed by atoms with Crippen LogP contribution in [0.3, 0.4) is 0 Å². The molecule has 0 aliphatic heterocycles. The van der Waals surface area contributed by atoms with Crippen LogP contribution in [0.1, 0.15) is 45.2 Å². The van der Waals surface area contributed by atoms with Crippen LogP contribution in [0.5, 0.6) is 0 Å².